The van der Waals surface area contributed by atoms with Gasteiger partial charge in [-0.2, -0.15) is 5.10 Å². The fourth-order valence-electron chi connectivity index (χ4n) is 2.29. The number of amides is 2. The molecule has 1 aliphatic heterocycles. The predicted octanol–water partition coefficient (Wildman–Crippen LogP) is 2.90. The highest BCUT2D eigenvalue weighted by molar-refractivity contribution is 5.89. The molecule has 5 nitrogen and oxygen atoms in total. The van der Waals surface area contributed by atoms with E-state index < -0.39 is 0 Å². The number of carbonyl (C=O) groups excluding carboxylic acids is 1. The standard InChI is InChI=1S/C15H24N4O/c1-6-11-8-7-9-19(11)14(20)16-13-10-12(15(2,3)4)17-18(13)5/h7-8,10-11H,6,9H2,1-5H3,(H,16,20)/t11-/m0/s1. The molecule has 0 saturated carbocycles. The van der Waals surface area contributed by atoms with Crippen molar-refractivity contribution in [1.29, 1.82) is 0 Å². The number of hydrogen-bond donors (Lipinski definition) is 1. The molecular formula is C15H24N4O. The maximum Gasteiger partial charge on any atom is 0.323 e. The number of hydrogen-bond acceptors (Lipinski definition) is 2. The van der Waals surface area contributed by atoms with E-state index >= 15 is 0 Å². The van der Waals surface area contributed by atoms with Gasteiger partial charge in [0.05, 0.1) is 11.7 Å². The molecule has 1 N–H and O–H groups in total. The average molecular weight is 276 g/mol. The summed E-state index contributed by atoms with van der Waals surface area (Å²) >= 11 is 0. The van der Waals surface area contributed by atoms with E-state index in [1.807, 2.05) is 24.1 Å². The summed E-state index contributed by atoms with van der Waals surface area (Å²) in [4.78, 5) is 14.2. The van der Waals surface area contributed by atoms with Crippen molar-refractivity contribution in [1.82, 2.24) is 14.7 Å². The summed E-state index contributed by atoms with van der Waals surface area (Å²) in [6.07, 6.45) is 5.06. The van der Waals surface area contributed by atoms with Crippen molar-refractivity contribution in [2.24, 2.45) is 7.05 Å². The molecule has 1 aliphatic rings. The highest BCUT2D eigenvalue weighted by Gasteiger charge is 2.25. The summed E-state index contributed by atoms with van der Waals surface area (Å²) in [7, 11) is 1.85. The Kier molecular flexibility index (Phi) is 3.88. The van der Waals surface area contributed by atoms with Gasteiger partial charge < -0.3 is 4.90 Å². The van der Waals surface area contributed by atoms with Crippen LogP contribution in [0.2, 0.25) is 0 Å². The molecule has 0 fully saturated rings. The molecule has 1 aromatic rings. The lowest BCUT2D eigenvalue weighted by Gasteiger charge is -2.23. The van der Waals surface area contributed by atoms with Gasteiger partial charge in [0.2, 0.25) is 0 Å². The van der Waals surface area contributed by atoms with Crippen LogP contribution >= 0.6 is 0 Å². The van der Waals surface area contributed by atoms with E-state index in [4.69, 9.17) is 0 Å². The Labute approximate surface area is 120 Å². The lowest BCUT2D eigenvalue weighted by molar-refractivity contribution is 0.209. The molecule has 0 spiro atoms. The van der Waals surface area contributed by atoms with Gasteiger partial charge in [0.1, 0.15) is 5.82 Å². The van der Waals surface area contributed by atoms with Crippen molar-refractivity contribution in [3.05, 3.63) is 23.9 Å². The van der Waals surface area contributed by atoms with Crippen LogP contribution in [0.4, 0.5) is 10.6 Å². The van der Waals surface area contributed by atoms with E-state index in [0.29, 0.717) is 6.54 Å². The minimum absolute atomic E-state index is 0.0259. The van der Waals surface area contributed by atoms with Gasteiger partial charge in [-0.1, -0.05) is 39.8 Å². The third kappa shape index (κ3) is 2.86. The molecule has 1 aromatic heterocycles. The van der Waals surface area contributed by atoms with E-state index in [0.717, 1.165) is 17.9 Å². The van der Waals surface area contributed by atoms with Crippen LogP contribution in [0.25, 0.3) is 0 Å². The Bertz CT molecular complexity index is 524. The van der Waals surface area contributed by atoms with Gasteiger partial charge in [-0.25, -0.2) is 4.79 Å². The van der Waals surface area contributed by atoms with Crippen LogP contribution in [0.3, 0.4) is 0 Å². The van der Waals surface area contributed by atoms with Gasteiger partial charge in [-0.15, -0.1) is 0 Å². The second-order valence-electron chi connectivity index (χ2n) is 6.27. The third-order valence-corrected chi connectivity index (χ3v) is 3.62. The Morgan fingerprint density at radius 2 is 2.20 bits per heavy atom. The molecule has 0 unspecified atom stereocenters. The molecular weight excluding hydrogens is 252 g/mol. The van der Waals surface area contributed by atoms with Crippen LogP contribution in [0, 0.1) is 0 Å². The first-order chi connectivity index (χ1) is 9.32. The van der Waals surface area contributed by atoms with Gasteiger partial charge in [0, 0.05) is 25.1 Å². The van der Waals surface area contributed by atoms with Crippen molar-refractivity contribution in [3.63, 3.8) is 0 Å². The van der Waals surface area contributed by atoms with Crippen molar-refractivity contribution in [3.8, 4) is 0 Å². The average Bonchev–Trinajstić information content (AvgIpc) is 2.95. The highest BCUT2D eigenvalue weighted by Crippen LogP contribution is 2.24. The number of nitrogens with one attached hydrogen (secondary N) is 1. The first-order valence-corrected chi connectivity index (χ1v) is 7.11. The molecule has 20 heavy (non-hydrogen) atoms. The Hall–Kier alpha value is -1.78. The molecule has 2 heterocycles. The topological polar surface area (TPSA) is 50.2 Å². The zero-order valence-corrected chi connectivity index (χ0v) is 13.0. The van der Waals surface area contributed by atoms with E-state index in [9.17, 15) is 4.79 Å². The maximum absolute atomic E-state index is 12.3. The van der Waals surface area contributed by atoms with Crippen molar-refractivity contribution in [2.45, 2.75) is 45.6 Å². The van der Waals surface area contributed by atoms with Gasteiger partial charge in [0.25, 0.3) is 0 Å². The summed E-state index contributed by atoms with van der Waals surface area (Å²) in [6, 6.07) is 2.08. The van der Waals surface area contributed by atoms with Crippen LogP contribution in [0.5, 0.6) is 0 Å². The van der Waals surface area contributed by atoms with Crippen LogP contribution in [-0.2, 0) is 12.5 Å². The largest absolute Gasteiger partial charge is 0.323 e. The van der Waals surface area contributed by atoms with Gasteiger partial charge in [0.15, 0.2) is 0 Å². The molecule has 1 atom stereocenters. The van der Waals surface area contributed by atoms with E-state index in [2.05, 4.69) is 44.2 Å². The molecule has 5 heteroatoms. The number of rotatable bonds is 2. The summed E-state index contributed by atoms with van der Waals surface area (Å²) in [6.45, 7) is 9.09. The zero-order chi connectivity index (χ0) is 14.9. The molecule has 0 radical (unpaired) electrons. The van der Waals surface area contributed by atoms with E-state index in [1.165, 1.54) is 0 Å². The Morgan fingerprint density at radius 3 is 2.75 bits per heavy atom. The molecule has 110 valence electrons. The minimum Gasteiger partial charge on any atom is -0.314 e. The van der Waals surface area contributed by atoms with Crippen molar-refractivity contribution in [2.75, 3.05) is 11.9 Å². The first-order valence-electron chi connectivity index (χ1n) is 7.11. The SMILES string of the molecule is CC[C@H]1C=CCN1C(=O)Nc1cc(C(C)(C)C)nn1C. The second kappa shape index (κ2) is 5.31. The maximum atomic E-state index is 12.3. The summed E-state index contributed by atoms with van der Waals surface area (Å²) in [5.74, 6) is 0.738. The molecule has 0 aromatic carbocycles. The normalized spacial score (nSPS) is 18.6. The third-order valence-electron chi connectivity index (χ3n) is 3.62. The number of aromatic nitrogens is 2. The lowest BCUT2D eigenvalue weighted by atomic mass is 9.92. The number of nitrogens with zero attached hydrogens (tertiary/aromatic N) is 3. The van der Waals surface area contributed by atoms with Gasteiger partial charge in [-0.3, -0.25) is 10.00 Å². The number of carbonyl (C=O) groups is 1. The fraction of sp³-hybridized carbons (Fsp3) is 0.600. The fourth-order valence-corrected chi connectivity index (χ4v) is 2.29. The predicted molar refractivity (Wildman–Crippen MR) is 80.9 cm³/mol. The van der Waals surface area contributed by atoms with Crippen molar-refractivity contribution < 1.29 is 4.79 Å². The molecule has 0 bridgehead atoms. The Morgan fingerprint density at radius 1 is 1.50 bits per heavy atom. The quantitative estimate of drug-likeness (QED) is 0.844. The minimum atomic E-state index is -0.0645. The van der Waals surface area contributed by atoms with E-state index in [1.54, 1.807) is 4.68 Å². The van der Waals surface area contributed by atoms with E-state index in [-0.39, 0.29) is 17.5 Å². The summed E-state index contributed by atoms with van der Waals surface area (Å²) in [5, 5.41) is 7.42. The molecule has 0 aliphatic carbocycles. The summed E-state index contributed by atoms with van der Waals surface area (Å²) < 4.78 is 1.73. The van der Waals surface area contributed by atoms with Gasteiger partial charge >= 0.3 is 6.03 Å². The highest BCUT2D eigenvalue weighted by atomic mass is 16.2. The number of aryl methyl sites for hydroxylation is 1. The van der Waals surface area contributed by atoms with Gasteiger partial charge in [-0.05, 0) is 6.42 Å². The van der Waals surface area contributed by atoms with Crippen LogP contribution < -0.4 is 5.32 Å². The smallest absolute Gasteiger partial charge is 0.314 e. The second-order valence-corrected chi connectivity index (χ2v) is 6.27. The zero-order valence-electron chi connectivity index (χ0n) is 13.0. The Balaban J connectivity index is 2.11. The monoisotopic (exact) mass is 276 g/mol. The lowest BCUT2D eigenvalue weighted by Crippen LogP contribution is -2.39. The molecule has 0 saturated heterocycles. The summed E-state index contributed by atoms with van der Waals surface area (Å²) in [5.41, 5.74) is 0.948. The number of urea groups is 1. The van der Waals surface area contributed by atoms with Crippen molar-refractivity contribution >= 4 is 11.8 Å². The van der Waals surface area contributed by atoms with Crippen LogP contribution in [0.1, 0.15) is 39.8 Å². The van der Waals surface area contributed by atoms with Crippen LogP contribution in [-0.4, -0.2) is 33.3 Å². The number of anilines is 1. The molecule has 2 amide bonds. The first kappa shape index (κ1) is 14.6. The van der Waals surface area contributed by atoms with Crippen LogP contribution in [0.15, 0.2) is 18.2 Å². The molecule has 2 rings (SSSR count).